The highest BCUT2D eigenvalue weighted by Crippen LogP contribution is 2.31. The van der Waals surface area contributed by atoms with Gasteiger partial charge < -0.3 is 15.4 Å². The lowest BCUT2D eigenvalue weighted by molar-refractivity contribution is -0.185. The number of hydrogen-bond acceptors (Lipinski definition) is 3. The molecular formula is C12H21F3N2O3. The van der Waals surface area contributed by atoms with Gasteiger partial charge in [0.05, 0.1) is 5.92 Å². The molecule has 0 radical (unpaired) electrons. The largest absolute Gasteiger partial charge is 0.444 e. The summed E-state index contributed by atoms with van der Waals surface area (Å²) < 4.78 is 43.5. The molecule has 0 heterocycles. The number of amides is 2. The van der Waals surface area contributed by atoms with E-state index in [4.69, 9.17) is 4.74 Å². The van der Waals surface area contributed by atoms with Gasteiger partial charge in [0.1, 0.15) is 11.6 Å². The fourth-order valence-corrected chi connectivity index (χ4v) is 1.60. The number of carbonyl (C=O) groups excluding carboxylic acids is 2. The van der Waals surface area contributed by atoms with E-state index in [0.717, 1.165) is 0 Å². The molecule has 0 aromatic heterocycles. The molecule has 0 aliphatic heterocycles. The van der Waals surface area contributed by atoms with Crippen molar-refractivity contribution in [2.24, 2.45) is 5.92 Å². The van der Waals surface area contributed by atoms with Crippen LogP contribution in [0.2, 0.25) is 0 Å². The standard InChI is InChI=1S/C12H21F3N2O3/c1-6-7(12(13,14)15)8(9(18)16-5)17-10(19)20-11(2,3)4/h7-8H,6H2,1-5H3,(H,16,18)(H,17,19)/t7-,8+/m1/s1. The van der Waals surface area contributed by atoms with Crippen molar-refractivity contribution in [3.05, 3.63) is 0 Å². The molecule has 0 rings (SSSR count). The third-order valence-corrected chi connectivity index (χ3v) is 2.46. The molecule has 0 unspecified atom stereocenters. The van der Waals surface area contributed by atoms with Crippen LogP contribution in [0, 0.1) is 5.92 Å². The fraction of sp³-hybridized carbons (Fsp3) is 0.833. The maximum absolute atomic E-state index is 12.9. The molecule has 8 heteroatoms. The molecule has 0 aromatic rings. The van der Waals surface area contributed by atoms with E-state index in [1.807, 2.05) is 5.32 Å². The second-order valence-corrected chi connectivity index (χ2v) is 5.29. The van der Waals surface area contributed by atoms with Crippen molar-refractivity contribution in [1.82, 2.24) is 10.6 Å². The van der Waals surface area contributed by atoms with Gasteiger partial charge in [-0.05, 0) is 27.2 Å². The van der Waals surface area contributed by atoms with Crippen LogP contribution >= 0.6 is 0 Å². The average Bonchev–Trinajstić information content (AvgIpc) is 2.23. The first-order chi connectivity index (χ1) is 8.92. The highest BCUT2D eigenvalue weighted by Gasteiger charge is 2.47. The van der Waals surface area contributed by atoms with Crippen molar-refractivity contribution in [3.63, 3.8) is 0 Å². The summed E-state index contributed by atoms with van der Waals surface area (Å²) in [7, 11) is 1.20. The SMILES string of the molecule is CC[C@H]([C@H](NC(=O)OC(C)(C)C)C(=O)NC)C(F)(F)F. The molecule has 0 aliphatic rings. The zero-order chi connectivity index (χ0) is 16.1. The number of carbonyl (C=O) groups is 2. The van der Waals surface area contributed by atoms with Crippen LogP contribution in [0.1, 0.15) is 34.1 Å². The van der Waals surface area contributed by atoms with Gasteiger partial charge >= 0.3 is 12.3 Å². The molecule has 2 amide bonds. The topological polar surface area (TPSA) is 67.4 Å². The van der Waals surface area contributed by atoms with Gasteiger partial charge in [0, 0.05) is 7.05 Å². The zero-order valence-corrected chi connectivity index (χ0v) is 12.2. The van der Waals surface area contributed by atoms with Gasteiger partial charge in [-0.3, -0.25) is 4.79 Å². The first kappa shape index (κ1) is 18.5. The first-order valence-corrected chi connectivity index (χ1v) is 6.20. The fourth-order valence-electron chi connectivity index (χ4n) is 1.60. The Balaban J connectivity index is 5.08. The number of ether oxygens (including phenoxy) is 1. The molecule has 2 N–H and O–H groups in total. The van der Waals surface area contributed by atoms with Gasteiger partial charge in [-0.25, -0.2) is 4.79 Å². The maximum Gasteiger partial charge on any atom is 0.408 e. The maximum atomic E-state index is 12.9. The lowest BCUT2D eigenvalue weighted by atomic mass is 9.95. The van der Waals surface area contributed by atoms with E-state index in [1.165, 1.54) is 14.0 Å². The average molecular weight is 298 g/mol. The second-order valence-electron chi connectivity index (χ2n) is 5.29. The second kappa shape index (κ2) is 6.81. The smallest absolute Gasteiger partial charge is 0.408 e. The molecule has 0 bridgehead atoms. The van der Waals surface area contributed by atoms with E-state index in [-0.39, 0.29) is 6.42 Å². The Morgan fingerprint density at radius 1 is 1.20 bits per heavy atom. The van der Waals surface area contributed by atoms with Crippen molar-refractivity contribution in [2.45, 2.75) is 51.9 Å². The summed E-state index contributed by atoms with van der Waals surface area (Å²) in [5, 5.41) is 4.10. The van der Waals surface area contributed by atoms with Crippen LogP contribution in [0.5, 0.6) is 0 Å². The molecule has 0 fully saturated rings. The van der Waals surface area contributed by atoms with Gasteiger partial charge in [-0.15, -0.1) is 0 Å². The Bertz CT molecular complexity index is 351. The van der Waals surface area contributed by atoms with Crippen LogP contribution < -0.4 is 10.6 Å². The number of alkyl halides is 3. The van der Waals surface area contributed by atoms with Gasteiger partial charge in [0.25, 0.3) is 0 Å². The number of halogens is 3. The highest BCUT2D eigenvalue weighted by molar-refractivity contribution is 5.85. The van der Waals surface area contributed by atoms with E-state index in [1.54, 1.807) is 20.8 Å². The van der Waals surface area contributed by atoms with E-state index < -0.39 is 35.7 Å². The van der Waals surface area contributed by atoms with E-state index in [9.17, 15) is 22.8 Å². The van der Waals surface area contributed by atoms with Crippen LogP contribution in [0.15, 0.2) is 0 Å². The number of nitrogens with one attached hydrogen (secondary N) is 2. The summed E-state index contributed by atoms with van der Waals surface area (Å²) in [6.45, 7) is 6.01. The summed E-state index contributed by atoms with van der Waals surface area (Å²) in [4.78, 5) is 23.1. The Morgan fingerprint density at radius 3 is 2.00 bits per heavy atom. The highest BCUT2D eigenvalue weighted by atomic mass is 19.4. The molecule has 0 aromatic carbocycles. The number of hydrogen-bond donors (Lipinski definition) is 2. The summed E-state index contributed by atoms with van der Waals surface area (Å²) in [6.07, 6.45) is -5.99. The predicted octanol–water partition coefficient (Wildman–Crippen LogP) is 2.21. The summed E-state index contributed by atoms with van der Waals surface area (Å²) in [6, 6.07) is -1.72. The lowest BCUT2D eigenvalue weighted by Gasteiger charge is -2.29. The minimum absolute atomic E-state index is 0.336. The molecular weight excluding hydrogens is 277 g/mol. The van der Waals surface area contributed by atoms with Gasteiger partial charge in [0.2, 0.25) is 5.91 Å². The van der Waals surface area contributed by atoms with E-state index in [2.05, 4.69) is 5.32 Å². The monoisotopic (exact) mass is 298 g/mol. The van der Waals surface area contributed by atoms with Gasteiger partial charge in [-0.2, -0.15) is 13.2 Å². The minimum atomic E-state index is -4.60. The molecule has 0 aliphatic carbocycles. The Kier molecular flexibility index (Phi) is 6.31. The Morgan fingerprint density at radius 2 is 1.70 bits per heavy atom. The summed E-state index contributed by atoms with van der Waals surface area (Å²) >= 11 is 0. The molecule has 2 atom stereocenters. The van der Waals surface area contributed by atoms with Gasteiger partial charge in [0.15, 0.2) is 0 Å². The van der Waals surface area contributed by atoms with Crippen molar-refractivity contribution >= 4 is 12.0 Å². The van der Waals surface area contributed by atoms with Crippen LogP contribution in [0.25, 0.3) is 0 Å². The molecule has 0 saturated heterocycles. The number of rotatable bonds is 4. The summed E-state index contributed by atoms with van der Waals surface area (Å²) in [5.41, 5.74) is -0.864. The van der Waals surface area contributed by atoms with Crippen molar-refractivity contribution in [1.29, 1.82) is 0 Å². The third kappa shape index (κ3) is 6.12. The summed E-state index contributed by atoms with van der Waals surface area (Å²) in [5.74, 6) is -2.89. The van der Waals surface area contributed by atoms with Gasteiger partial charge in [-0.1, -0.05) is 6.92 Å². The normalized spacial score (nSPS) is 15.2. The van der Waals surface area contributed by atoms with E-state index >= 15 is 0 Å². The predicted molar refractivity (Wildman–Crippen MR) is 67.1 cm³/mol. The van der Waals surface area contributed by atoms with Crippen molar-refractivity contribution in [2.75, 3.05) is 7.05 Å². The van der Waals surface area contributed by atoms with Crippen LogP contribution in [0.3, 0.4) is 0 Å². The van der Waals surface area contributed by atoms with Crippen LogP contribution in [-0.2, 0) is 9.53 Å². The molecule has 20 heavy (non-hydrogen) atoms. The Labute approximate surface area is 116 Å². The Hall–Kier alpha value is -1.47. The minimum Gasteiger partial charge on any atom is -0.444 e. The van der Waals surface area contributed by atoms with Crippen molar-refractivity contribution in [3.8, 4) is 0 Å². The number of likely N-dealkylation sites (N-methyl/N-ethyl adjacent to an activating group) is 1. The molecule has 0 spiro atoms. The van der Waals surface area contributed by atoms with E-state index in [0.29, 0.717) is 0 Å². The molecule has 0 saturated carbocycles. The molecule has 5 nitrogen and oxygen atoms in total. The van der Waals surface area contributed by atoms with Crippen LogP contribution in [0.4, 0.5) is 18.0 Å². The lowest BCUT2D eigenvalue weighted by Crippen LogP contribution is -2.54. The quantitative estimate of drug-likeness (QED) is 0.836. The first-order valence-electron chi connectivity index (χ1n) is 6.20. The zero-order valence-electron chi connectivity index (χ0n) is 12.2. The van der Waals surface area contributed by atoms with Crippen molar-refractivity contribution < 1.29 is 27.5 Å². The third-order valence-electron chi connectivity index (χ3n) is 2.46. The van der Waals surface area contributed by atoms with Crippen LogP contribution in [-0.4, -0.2) is 36.9 Å². The molecule has 118 valence electrons. The number of alkyl carbamates (subject to hydrolysis) is 1.